The van der Waals surface area contributed by atoms with E-state index in [1.54, 1.807) is 18.2 Å². The summed E-state index contributed by atoms with van der Waals surface area (Å²) in [5.74, 6) is 0.537. The molecule has 0 saturated heterocycles. The van der Waals surface area contributed by atoms with Crippen molar-refractivity contribution in [3.63, 3.8) is 0 Å². The van der Waals surface area contributed by atoms with E-state index in [4.69, 9.17) is 4.74 Å². The third-order valence-corrected chi connectivity index (χ3v) is 3.32. The molecule has 0 amide bonds. The summed E-state index contributed by atoms with van der Waals surface area (Å²) in [6.07, 6.45) is 1.07. The average Bonchev–Trinajstić information content (AvgIpc) is 2.44. The molecule has 0 atom stereocenters. The fourth-order valence-corrected chi connectivity index (χ4v) is 2.16. The van der Waals surface area contributed by atoms with Crippen molar-refractivity contribution < 1.29 is 9.13 Å². The van der Waals surface area contributed by atoms with Crippen molar-refractivity contribution in [3.05, 3.63) is 58.3 Å². The summed E-state index contributed by atoms with van der Waals surface area (Å²) in [5.41, 5.74) is 1.00. The summed E-state index contributed by atoms with van der Waals surface area (Å²) < 4.78 is 20.3. The van der Waals surface area contributed by atoms with E-state index < -0.39 is 0 Å². The first kappa shape index (κ1) is 15.0. The molecule has 0 unspecified atom stereocenters. The van der Waals surface area contributed by atoms with Gasteiger partial charge in [0.15, 0.2) is 11.6 Å². The molecule has 0 aliphatic rings. The highest BCUT2D eigenvalue weighted by Crippen LogP contribution is 2.30. The summed E-state index contributed by atoms with van der Waals surface area (Å²) in [6.45, 7) is 3.76. The maximum atomic E-state index is 13.7. The third-order valence-electron chi connectivity index (χ3n) is 2.83. The lowest BCUT2D eigenvalue weighted by molar-refractivity contribution is 0.435. The first-order chi connectivity index (χ1) is 9.70. The van der Waals surface area contributed by atoms with Crippen molar-refractivity contribution in [3.8, 4) is 11.5 Å². The summed E-state index contributed by atoms with van der Waals surface area (Å²) in [4.78, 5) is 0. The Hall–Kier alpha value is -1.39. The van der Waals surface area contributed by atoms with E-state index in [1.165, 1.54) is 6.07 Å². The highest BCUT2D eigenvalue weighted by Gasteiger charge is 2.08. The number of hydrogen-bond donors (Lipinski definition) is 1. The summed E-state index contributed by atoms with van der Waals surface area (Å²) in [5, 5.41) is 3.32. The lowest BCUT2D eigenvalue weighted by Crippen LogP contribution is -2.14. The molecule has 4 heteroatoms. The lowest BCUT2D eigenvalue weighted by atomic mass is 10.2. The topological polar surface area (TPSA) is 21.3 Å². The standard InChI is InChI=1S/C16H17BrFNO/c1-2-9-19-11-12-7-8-13(17)10-16(12)20-15-6-4-3-5-14(15)18/h3-8,10,19H,2,9,11H2,1H3. The van der Waals surface area contributed by atoms with Gasteiger partial charge in [0.05, 0.1) is 0 Å². The fourth-order valence-electron chi connectivity index (χ4n) is 1.82. The van der Waals surface area contributed by atoms with Crippen LogP contribution >= 0.6 is 15.9 Å². The molecule has 0 saturated carbocycles. The Bertz CT molecular complexity index is 574. The Morgan fingerprint density at radius 2 is 1.95 bits per heavy atom. The van der Waals surface area contributed by atoms with Crippen molar-refractivity contribution >= 4 is 15.9 Å². The van der Waals surface area contributed by atoms with Gasteiger partial charge < -0.3 is 10.1 Å². The zero-order valence-electron chi connectivity index (χ0n) is 11.3. The average molecular weight is 338 g/mol. The van der Waals surface area contributed by atoms with Gasteiger partial charge >= 0.3 is 0 Å². The van der Waals surface area contributed by atoms with Crippen LogP contribution in [-0.4, -0.2) is 6.54 Å². The van der Waals surface area contributed by atoms with Gasteiger partial charge in [0, 0.05) is 16.6 Å². The van der Waals surface area contributed by atoms with Crippen LogP contribution < -0.4 is 10.1 Å². The second kappa shape index (κ2) is 7.41. The minimum atomic E-state index is -0.361. The smallest absolute Gasteiger partial charge is 0.165 e. The van der Waals surface area contributed by atoms with Crippen LogP contribution in [0.2, 0.25) is 0 Å². The van der Waals surface area contributed by atoms with Crippen LogP contribution in [0.25, 0.3) is 0 Å². The molecule has 0 aromatic heterocycles. The number of nitrogens with one attached hydrogen (secondary N) is 1. The van der Waals surface area contributed by atoms with E-state index in [9.17, 15) is 4.39 Å². The normalized spacial score (nSPS) is 10.6. The van der Waals surface area contributed by atoms with Crippen LogP contribution in [0.1, 0.15) is 18.9 Å². The Kier molecular flexibility index (Phi) is 5.56. The zero-order valence-corrected chi connectivity index (χ0v) is 12.9. The molecule has 0 fully saturated rings. The van der Waals surface area contributed by atoms with Crippen molar-refractivity contribution in [1.29, 1.82) is 0 Å². The maximum Gasteiger partial charge on any atom is 0.165 e. The van der Waals surface area contributed by atoms with E-state index in [-0.39, 0.29) is 11.6 Å². The van der Waals surface area contributed by atoms with Crippen LogP contribution in [0, 0.1) is 5.82 Å². The molecule has 2 nitrogen and oxygen atoms in total. The number of rotatable bonds is 6. The third kappa shape index (κ3) is 4.05. The molecule has 0 radical (unpaired) electrons. The number of benzene rings is 2. The molecule has 2 rings (SSSR count). The first-order valence-corrected chi connectivity index (χ1v) is 7.41. The molecule has 0 spiro atoms. The molecule has 20 heavy (non-hydrogen) atoms. The van der Waals surface area contributed by atoms with Crippen LogP contribution in [0.3, 0.4) is 0 Å². The molecule has 0 aliphatic heterocycles. The molecule has 0 bridgehead atoms. The summed E-state index contributed by atoms with van der Waals surface area (Å²) in [7, 11) is 0. The number of ether oxygens (including phenoxy) is 1. The summed E-state index contributed by atoms with van der Waals surface area (Å²) >= 11 is 3.42. The van der Waals surface area contributed by atoms with Crippen LogP contribution in [0.5, 0.6) is 11.5 Å². The van der Waals surface area contributed by atoms with Gasteiger partial charge in [0.25, 0.3) is 0 Å². The highest BCUT2D eigenvalue weighted by molar-refractivity contribution is 9.10. The van der Waals surface area contributed by atoms with Gasteiger partial charge in [-0.2, -0.15) is 0 Å². The Labute approximate surface area is 127 Å². The SMILES string of the molecule is CCCNCc1ccc(Br)cc1Oc1ccccc1F. The Balaban J connectivity index is 2.21. The monoisotopic (exact) mass is 337 g/mol. The fraction of sp³-hybridized carbons (Fsp3) is 0.250. The van der Waals surface area contributed by atoms with E-state index in [0.717, 1.165) is 23.0 Å². The first-order valence-electron chi connectivity index (χ1n) is 6.62. The molecule has 1 N–H and O–H groups in total. The minimum absolute atomic E-state index is 0.238. The molecule has 0 aliphatic carbocycles. The maximum absolute atomic E-state index is 13.7. The Morgan fingerprint density at radius 3 is 2.70 bits per heavy atom. The minimum Gasteiger partial charge on any atom is -0.454 e. The van der Waals surface area contributed by atoms with E-state index in [0.29, 0.717) is 12.3 Å². The molecule has 2 aromatic carbocycles. The van der Waals surface area contributed by atoms with Crippen LogP contribution in [0.4, 0.5) is 4.39 Å². The molecule has 106 valence electrons. The quantitative estimate of drug-likeness (QED) is 0.758. The molecule has 0 heterocycles. The lowest BCUT2D eigenvalue weighted by Gasteiger charge is -2.13. The van der Waals surface area contributed by atoms with Crippen molar-refractivity contribution in [2.24, 2.45) is 0 Å². The van der Waals surface area contributed by atoms with E-state index in [1.807, 2.05) is 18.2 Å². The van der Waals surface area contributed by atoms with Gasteiger partial charge in [0.2, 0.25) is 0 Å². The van der Waals surface area contributed by atoms with Crippen molar-refractivity contribution in [2.75, 3.05) is 6.54 Å². The number of para-hydroxylation sites is 1. The van der Waals surface area contributed by atoms with E-state index >= 15 is 0 Å². The number of hydrogen-bond acceptors (Lipinski definition) is 2. The second-order valence-corrected chi connectivity index (χ2v) is 5.38. The summed E-state index contributed by atoms with van der Waals surface area (Å²) in [6, 6.07) is 12.2. The molecular weight excluding hydrogens is 321 g/mol. The van der Waals surface area contributed by atoms with Crippen molar-refractivity contribution in [1.82, 2.24) is 5.32 Å². The van der Waals surface area contributed by atoms with Gasteiger partial charge in [-0.3, -0.25) is 0 Å². The number of halogens is 2. The largest absolute Gasteiger partial charge is 0.454 e. The van der Waals surface area contributed by atoms with Gasteiger partial charge in [0.1, 0.15) is 5.75 Å². The predicted octanol–water partition coefficient (Wildman–Crippen LogP) is 4.88. The molecular formula is C16H17BrFNO. The second-order valence-electron chi connectivity index (χ2n) is 4.46. The Morgan fingerprint density at radius 1 is 1.15 bits per heavy atom. The predicted molar refractivity (Wildman–Crippen MR) is 82.6 cm³/mol. The van der Waals surface area contributed by atoms with E-state index in [2.05, 4.69) is 28.2 Å². The van der Waals surface area contributed by atoms with Crippen molar-refractivity contribution in [2.45, 2.75) is 19.9 Å². The zero-order chi connectivity index (χ0) is 14.4. The van der Waals surface area contributed by atoms with Gasteiger partial charge in [-0.25, -0.2) is 4.39 Å². The van der Waals surface area contributed by atoms with Crippen LogP contribution in [0.15, 0.2) is 46.9 Å². The highest BCUT2D eigenvalue weighted by atomic mass is 79.9. The van der Waals surface area contributed by atoms with Crippen LogP contribution in [-0.2, 0) is 6.54 Å². The van der Waals surface area contributed by atoms with Gasteiger partial charge in [-0.1, -0.05) is 41.1 Å². The molecule has 2 aromatic rings. The van der Waals surface area contributed by atoms with Gasteiger partial charge in [-0.15, -0.1) is 0 Å². The van der Waals surface area contributed by atoms with Gasteiger partial charge in [-0.05, 0) is 37.2 Å².